The highest BCUT2D eigenvalue weighted by atomic mass is 35.5. The van der Waals surface area contributed by atoms with Crippen molar-refractivity contribution >= 4 is 28.5 Å². The molecule has 4 rings (SSSR count). The second-order valence-corrected chi connectivity index (χ2v) is 7.20. The number of fused-ring (bicyclic) bond motifs is 1. The van der Waals surface area contributed by atoms with Gasteiger partial charge in [0.05, 0.1) is 11.0 Å². The number of pyridine rings is 1. The van der Waals surface area contributed by atoms with Crippen molar-refractivity contribution in [1.29, 1.82) is 0 Å². The normalized spacial score (nSPS) is 10.8. The van der Waals surface area contributed by atoms with Crippen LogP contribution in [0, 0.1) is 0 Å². The summed E-state index contributed by atoms with van der Waals surface area (Å²) in [7, 11) is 0. The van der Waals surface area contributed by atoms with E-state index in [1.54, 1.807) is 30.5 Å². The lowest BCUT2D eigenvalue weighted by Gasteiger charge is -2.11. The molecule has 2 aromatic heterocycles. The van der Waals surface area contributed by atoms with E-state index in [2.05, 4.69) is 15.3 Å². The predicted octanol–water partition coefficient (Wildman–Crippen LogP) is 4.02. The zero-order valence-electron chi connectivity index (χ0n) is 16.3. The number of nitrogens with one attached hydrogen (secondary N) is 1. The largest absolute Gasteiger partial charge is 0.486 e. The van der Waals surface area contributed by atoms with Gasteiger partial charge in [-0.1, -0.05) is 29.8 Å². The molecule has 0 saturated carbocycles. The van der Waals surface area contributed by atoms with Gasteiger partial charge in [0.2, 0.25) is 5.91 Å². The van der Waals surface area contributed by atoms with Gasteiger partial charge in [-0.15, -0.1) is 0 Å². The summed E-state index contributed by atoms with van der Waals surface area (Å²) in [4.78, 5) is 21.5. The molecule has 1 N–H and O–H groups in total. The molecular weight excluding hydrogens is 400 g/mol. The monoisotopic (exact) mass is 420 g/mol. The third-order valence-corrected chi connectivity index (χ3v) is 4.90. The summed E-state index contributed by atoms with van der Waals surface area (Å²) < 4.78 is 7.75. The summed E-state index contributed by atoms with van der Waals surface area (Å²) in [6, 6.07) is 20.7. The number of nitrogens with zero attached hydrogens (tertiary/aromatic N) is 3. The lowest BCUT2D eigenvalue weighted by Crippen LogP contribution is -2.30. The van der Waals surface area contributed by atoms with Gasteiger partial charge in [0.1, 0.15) is 24.7 Å². The number of hydrogen-bond acceptors (Lipinski definition) is 4. The Kier molecular flexibility index (Phi) is 6.25. The number of halogens is 1. The van der Waals surface area contributed by atoms with E-state index in [1.807, 2.05) is 47.0 Å². The zero-order valence-corrected chi connectivity index (χ0v) is 17.0. The van der Waals surface area contributed by atoms with E-state index < -0.39 is 0 Å². The number of carbonyl (C=O) groups is 1. The van der Waals surface area contributed by atoms with Gasteiger partial charge in [-0.3, -0.25) is 9.78 Å². The van der Waals surface area contributed by atoms with E-state index in [0.717, 1.165) is 16.7 Å². The maximum atomic E-state index is 12.6. The minimum atomic E-state index is -0.0816. The van der Waals surface area contributed by atoms with Crippen molar-refractivity contribution < 1.29 is 9.53 Å². The van der Waals surface area contributed by atoms with Gasteiger partial charge in [0.25, 0.3) is 0 Å². The molecule has 152 valence electrons. The molecule has 1 amide bonds. The van der Waals surface area contributed by atoms with E-state index in [9.17, 15) is 4.79 Å². The van der Waals surface area contributed by atoms with Gasteiger partial charge in [0, 0.05) is 29.9 Å². The van der Waals surface area contributed by atoms with Gasteiger partial charge in [-0.2, -0.15) is 0 Å². The van der Waals surface area contributed by atoms with Crippen LogP contribution in [0.1, 0.15) is 11.5 Å². The fraction of sp³-hybridized carbons (Fsp3) is 0.174. The molecule has 0 unspecified atom stereocenters. The number of amides is 1. The second-order valence-electron chi connectivity index (χ2n) is 6.77. The Morgan fingerprint density at radius 1 is 1.03 bits per heavy atom. The molecule has 0 aliphatic rings. The number of rotatable bonds is 8. The molecule has 7 heteroatoms. The number of imidazole rings is 1. The van der Waals surface area contributed by atoms with Gasteiger partial charge in [-0.05, 0) is 48.5 Å². The van der Waals surface area contributed by atoms with E-state index in [0.29, 0.717) is 29.6 Å². The van der Waals surface area contributed by atoms with E-state index in [1.165, 1.54) is 0 Å². The third-order valence-electron chi connectivity index (χ3n) is 4.65. The van der Waals surface area contributed by atoms with Crippen LogP contribution in [0.25, 0.3) is 11.0 Å². The van der Waals surface area contributed by atoms with Crippen LogP contribution in [0.15, 0.2) is 72.9 Å². The van der Waals surface area contributed by atoms with Crippen LogP contribution in [0.5, 0.6) is 5.75 Å². The highest BCUT2D eigenvalue weighted by Crippen LogP contribution is 2.20. The fourth-order valence-electron chi connectivity index (χ4n) is 3.17. The number of benzene rings is 2. The van der Waals surface area contributed by atoms with E-state index in [4.69, 9.17) is 16.3 Å². The van der Waals surface area contributed by atoms with Gasteiger partial charge in [-0.25, -0.2) is 4.98 Å². The number of para-hydroxylation sites is 2. The molecule has 6 nitrogen and oxygen atoms in total. The number of hydrogen-bond donors (Lipinski definition) is 1. The standard InChI is InChI=1S/C23H21ClN4O2/c24-17-8-10-19(11-9-17)30-16-22-27-20-6-1-2-7-21(20)28(22)15-23(29)26-14-12-18-5-3-4-13-25-18/h1-11,13H,12,14-16H2,(H,26,29). The molecule has 0 spiro atoms. The van der Waals surface area contributed by atoms with Crippen molar-refractivity contribution in [2.24, 2.45) is 0 Å². The smallest absolute Gasteiger partial charge is 0.240 e. The second kappa shape index (κ2) is 9.41. The van der Waals surface area contributed by atoms with Crippen LogP contribution in [-0.2, 0) is 24.4 Å². The van der Waals surface area contributed by atoms with Crippen molar-refractivity contribution in [3.05, 3.63) is 89.5 Å². The SMILES string of the molecule is O=C(Cn1c(COc2ccc(Cl)cc2)nc2ccccc21)NCCc1ccccn1. The van der Waals surface area contributed by atoms with Crippen molar-refractivity contribution in [3.8, 4) is 5.75 Å². The molecule has 0 saturated heterocycles. The van der Waals surface area contributed by atoms with Crippen molar-refractivity contribution in [2.75, 3.05) is 6.54 Å². The first kappa shape index (κ1) is 19.9. The van der Waals surface area contributed by atoms with Crippen LogP contribution in [0.3, 0.4) is 0 Å². The molecule has 0 fully saturated rings. The molecule has 0 radical (unpaired) electrons. The topological polar surface area (TPSA) is 69.0 Å². The summed E-state index contributed by atoms with van der Waals surface area (Å²) in [5, 5.41) is 3.61. The molecule has 0 aliphatic carbocycles. The first-order valence-corrected chi connectivity index (χ1v) is 10.1. The van der Waals surface area contributed by atoms with Crippen molar-refractivity contribution in [1.82, 2.24) is 19.9 Å². The van der Waals surface area contributed by atoms with E-state index >= 15 is 0 Å². The van der Waals surface area contributed by atoms with Crippen molar-refractivity contribution in [3.63, 3.8) is 0 Å². The van der Waals surface area contributed by atoms with Crippen LogP contribution in [0.4, 0.5) is 0 Å². The summed E-state index contributed by atoms with van der Waals surface area (Å²) in [6.45, 7) is 0.943. The van der Waals surface area contributed by atoms with Crippen molar-refractivity contribution in [2.45, 2.75) is 19.6 Å². The summed E-state index contributed by atoms with van der Waals surface area (Å²) in [5.74, 6) is 1.30. The maximum Gasteiger partial charge on any atom is 0.240 e. The zero-order chi connectivity index (χ0) is 20.8. The quantitative estimate of drug-likeness (QED) is 0.467. The molecule has 0 aliphatic heterocycles. The van der Waals surface area contributed by atoms with E-state index in [-0.39, 0.29) is 19.1 Å². The molecule has 2 aromatic carbocycles. The lowest BCUT2D eigenvalue weighted by molar-refractivity contribution is -0.121. The molecular formula is C23H21ClN4O2. The Bertz CT molecular complexity index is 1130. The lowest BCUT2D eigenvalue weighted by atomic mass is 10.3. The Morgan fingerprint density at radius 2 is 1.83 bits per heavy atom. The summed E-state index contributed by atoms with van der Waals surface area (Å²) >= 11 is 5.93. The predicted molar refractivity (Wildman–Crippen MR) is 116 cm³/mol. The highest BCUT2D eigenvalue weighted by molar-refractivity contribution is 6.30. The Balaban J connectivity index is 1.44. The van der Waals surface area contributed by atoms with Crippen LogP contribution in [-0.4, -0.2) is 27.0 Å². The molecule has 4 aromatic rings. The Hall–Kier alpha value is -3.38. The first-order valence-electron chi connectivity index (χ1n) is 9.68. The first-order chi connectivity index (χ1) is 14.7. The number of ether oxygens (including phenoxy) is 1. The minimum absolute atomic E-state index is 0.0816. The average Bonchev–Trinajstić information content (AvgIpc) is 3.11. The number of carbonyl (C=O) groups excluding carboxylic acids is 1. The maximum absolute atomic E-state index is 12.6. The molecule has 0 bridgehead atoms. The molecule has 30 heavy (non-hydrogen) atoms. The van der Waals surface area contributed by atoms with Gasteiger partial charge >= 0.3 is 0 Å². The summed E-state index contributed by atoms with van der Waals surface area (Å²) in [5.41, 5.74) is 2.67. The molecule has 0 atom stereocenters. The van der Waals surface area contributed by atoms with Gasteiger partial charge in [0.15, 0.2) is 0 Å². The Morgan fingerprint density at radius 3 is 2.63 bits per heavy atom. The van der Waals surface area contributed by atoms with Gasteiger partial charge < -0.3 is 14.6 Å². The van der Waals surface area contributed by atoms with Crippen LogP contribution >= 0.6 is 11.6 Å². The minimum Gasteiger partial charge on any atom is -0.486 e. The highest BCUT2D eigenvalue weighted by Gasteiger charge is 2.14. The fourth-order valence-corrected chi connectivity index (χ4v) is 3.29. The third kappa shape index (κ3) is 4.96. The number of aromatic nitrogens is 3. The summed E-state index contributed by atoms with van der Waals surface area (Å²) in [6.07, 6.45) is 2.44. The van der Waals surface area contributed by atoms with Crippen LogP contribution < -0.4 is 10.1 Å². The Labute approximate surface area is 179 Å². The molecule has 2 heterocycles. The van der Waals surface area contributed by atoms with Crippen LogP contribution in [0.2, 0.25) is 5.02 Å². The average molecular weight is 421 g/mol.